The standard InChI is InChI=1S/C28H25N3O9S2/c1-29(2)25-7-3-6-24-23(25)5-4-8-27(24)42(38,39)40-21-12-9-18-16-26(28(32)33)30(17-19(18)15-21)41(36,37)22-13-10-20(11-14-22)31(34)35/h3-15,26H,16-17H2,1-2H3,(H,32,33)/t26-/m0/s1. The third-order valence-corrected chi connectivity index (χ3v) is 10.2. The molecule has 0 fully saturated rings. The molecule has 1 aliphatic rings. The minimum atomic E-state index is -4.40. The van der Waals surface area contributed by atoms with Gasteiger partial charge in [0.1, 0.15) is 16.7 Å². The second-order valence-corrected chi connectivity index (χ2v) is 13.3. The fourth-order valence-electron chi connectivity index (χ4n) is 4.97. The maximum Gasteiger partial charge on any atom is 0.339 e. The van der Waals surface area contributed by atoms with E-state index in [0.717, 1.165) is 34.3 Å². The second kappa shape index (κ2) is 10.7. The molecule has 0 bridgehead atoms. The van der Waals surface area contributed by atoms with Crippen molar-refractivity contribution in [3.05, 3.63) is 100 Å². The molecule has 0 aliphatic carbocycles. The number of nitro groups is 1. The number of carboxylic acids is 1. The van der Waals surface area contributed by atoms with Crippen molar-refractivity contribution in [2.75, 3.05) is 19.0 Å². The van der Waals surface area contributed by atoms with E-state index in [-0.39, 0.29) is 34.2 Å². The molecule has 12 nitrogen and oxygen atoms in total. The monoisotopic (exact) mass is 611 g/mol. The molecule has 0 saturated heterocycles. The Morgan fingerprint density at radius 2 is 1.62 bits per heavy atom. The van der Waals surface area contributed by atoms with Gasteiger partial charge in [0.05, 0.1) is 9.82 Å². The highest BCUT2D eigenvalue weighted by Crippen LogP contribution is 2.35. The molecule has 0 aromatic heterocycles. The summed E-state index contributed by atoms with van der Waals surface area (Å²) in [6, 6.07) is 17.1. The van der Waals surface area contributed by atoms with Gasteiger partial charge in [-0.05, 0) is 47.5 Å². The summed E-state index contributed by atoms with van der Waals surface area (Å²) in [6.07, 6.45) is -0.180. The molecule has 0 radical (unpaired) electrons. The van der Waals surface area contributed by atoms with Crippen LogP contribution in [-0.2, 0) is 37.9 Å². The van der Waals surface area contributed by atoms with Crippen molar-refractivity contribution in [1.29, 1.82) is 0 Å². The molecule has 4 aromatic carbocycles. The molecule has 0 unspecified atom stereocenters. The summed E-state index contributed by atoms with van der Waals surface area (Å²) in [6.45, 7) is -0.386. The Balaban J connectivity index is 1.49. The van der Waals surface area contributed by atoms with E-state index >= 15 is 0 Å². The Labute approximate surface area is 241 Å². The average molecular weight is 612 g/mol. The van der Waals surface area contributed by atoms with Crippen molar-refractivity contribution < 1.29 is 35.8 Å². The molecule has 5 rings (SSSR count). The zero-order chi connectivity index (χ0) is 30.4. The van der Waals surface area contributed by atoms with Gasteiger partial charge in [0.15, 0.2) is 0 Å². The van der Waals surface area contributed by atoms with Crippen LogP contribution in [-0.4, -0.2) is 57.3 Å². The van der Waals surface area contributed by atoms with Crippen LogP contribution in [0.5, 0.6) is 5.75 Å². The number of hydrogen-bond donors (Lipinski definition) is 1. The lowest BCUT2D eigenvalue weighted by Gasteiger charge is -2.33. The smallest absolute Gasteiger partial charge is 0.339 e. The third kappa shape index (κ3) is 5.26. The van der Waals surface area contributed by atoms with Gasteiger partial charge in [-0.25, -0.2) is 8.42 Å². The summed E-state index contributed by atoms with van der Waals surface area (Å²) in [4.78, 5) is 23.9. The molecule has 1 heterocycles. The van der Waals surface area contributed by atoms with E-state index in [1.54, 1.807) is 24.3 Å². The van der Waals surface area contributed by atoms with Gasteiger partial charge in [0.2, 0.25) is 10.0 Å². The van der Waals surface area contributed by atoms with Gasteiger partial charge in [-0.2, -0.15) is 12.7 Å². The van der Waals surface area contributed by atoms with E-state index in [9.17, 15) is 36.9 Å². The van der Waals surface area contributed by atoms with Crippen LogP contribution in [0.2, 0.25) is 0 Å². The summed E-state index contributed by atoms with van der Waals surface area (Å²) in [5.41, 5.74) is 1.38. The van der Waals surface area contributed by atoms with Crippen molar-refractivity contribution in [3.63, 3.8) is 0 Å². The first kappa shape index (κ1) is 29.0. The highest BCUT2D eigenvalue weighted by Gasteiger charge is 2.40. The van der Waals surface area contributed by atoms with Gasteiger partial charge >= 0.3 is 16.1 Å². The van der Waals surface area contributed by atoms with Crippen molar-refractivity contribution in [1.82, 2.24) is 4.31 Å². The molecule has 1 N–H and O–H groups in total. The van der Waals surface area contributed by atoms with E-state index in [0.29, 0.717) is 21.9 Å². The summed E-state index contributed by atoms with van der Waals surface area (Å²) in [5.74, 6) is -1.45. The highest BCUT2D eigenvalue weighted by molar-refractivity contribution is 7.89. The Morgan fingerprint density at radius 1 is 0.952 bits per heavy atom. The quantitative estimate of drug-likeness (QED) is 0.176. The Morgan fingerprint density at radius 3 is 2.26 bits per heavy atom. The van der Waals surface area contributed by atoms with Gasteiger partial charge in [0.25, 0.3) is 5.69 Å². The number of hydrogen-bond acceptors (Lipinski definition) is 9. The minimum absolute atomic E-state index is 0.0465. The normalized spacial score (nSPS) is 15.6. The topological polar surface area (TPSA) is 164 Å². The van der Waals surface area contributed by atoms with Crippen molar-refractivity contribution in [2.24, 2.45) is 0 Å². The fourth-order valence-corrected chi connectivity index (χ4v) is 7.67. The van der Waals surface area contributed by atoms with Gasteiger partial charge in [0, 0.05) is 55.7 Å². The number of non-ortho nitro benzene ring substituents is 1. The molecule has 218 valence electrons. The highest BCUT2D eigenvalue weighted by atomic mass is 32.2. The first-order valence-electron chi connectivity index (χ1n) is 12.5. The van der Waals surface area contributed by atoms with Crippen molar-refractivity contribution in [3.8, 4) is 5.75 Å². The van der Waals surface area contributed by atoms with Crippen LogP contribution in [0, 0.1) is 10.1 Å². The number of aliphatic carboxylic acids is 1. The first-order valence-corrected chi connectivity index (χ1v) is 15.4. The zero-order valence-electron chi connectivity index (χ0n) is 22.4. The van der Waals surface area contributed by atoms with Crippen LogP contribution >= 0.6 is 0 Å². The molecule has 0 spiro atoms. The number of nitro benzene ring substituents is 1. The van der Waals surface area contributed by atoms with Gasteiger partial charge in [-0.15, -0.1) is 0 Å². The fraction of sp³-hybridized carbons (Fsp3) is 0.179. The van der Waals surface area contributed by atoms with Gasteiger partial charge in [-0.3, -0.25) is 14.9 Å². The van der Waals surface area contributed by atoms with E-state index in [4.69, 9.17) is 4.18 Å². The molecule has 0 amide bonds. The van der Waals surface area contributed by atoms with E-state index in [1.807, 2.05) is 25.1 Å². The lowest BCUT2D eigenvalue weighted by atomic mass is 9.95. The lowest BCUT2D eigenvalue weighted by molar-refractivity contribution is -0.384. The van der Waals surface area contributed by atoms with Crippen LogP contribution in [0.25, 0.3) is 10.8 Å². The largest absolute Gasteiger partial charge is 0.480 e. The predicted octanol–water partition coefficient (Wildman–Crippen LogP) is 3.78. The van der Waals surface area contributed by atoms with Crippen LogP contribution in [0.1, 0.15) is 11.1 Å². The molecule has 4 aromatic rings. The van der Waals surface area contributed by atoms with Crippen LogP contribution < -0.4 is 9.08 Å². The molecule has 42 heavy (non-hydrogen) atoms. The number of carbonyl (C=O) groups is 1. The molecular weight excluding hydrogens is 586 g/mol. The Kier molecular flexibility index (Phi) is 7.39. The SMILES string of the molecule is CN(C)c1cccc2c(S(=O)(=O)Oc3ccc4c(c3)CN(S(=O)(=O)c3ccc([N+](=O)[O-])cc3)[C@H](C(=O)O)C4)cccc12. The van der Waals surface area contributed by atoms with Crippen LogP contribution in [0.3, 0.4) is 0 Å². The van der Waals surface area contributed by atoms with E-state index < -0.39 is 37.1 Å². The van der Waals surface area contributed by atoms with Crippen molar-refractivity contribution in [2.45, 2.75) is 28.8 Å². The second-order valence-electron chi connectivity index (χ2n) is 9.85. The number of rotatable bonds is 8. The average Bonchev–Trinajstić information content (AvgIpc) is 2.95. The molecule has 0 saturated carbocycles. The number of nitrogens with zero attached hydrogens (tertiary/aromatic N) is 3. The van der Waals surface area contributed by atoms with E-state index in [2.05, 4.69) is 0 Å². The zero-order valence-corrected chi connectivity index (χ0v) is 24.0. The van der Waals surface area contributed by atoms with Crippen LogP contribution in [0.4, 0.5) is 11.4 Å². The van der Waals surface area contributed by atoms with Crippen LogP contribution in [0.15, 0.2) is 88.7 Å². The third-order valence-electron chi connectivity index (χ3n) is 7.02. The van der Waals surface area contributed by atoms with Gasteiger partial charge < -0.3 is 14.2 Å². The van der Waals surface area contributed by atoms with E-state index in [1.165, 1.54) is 24.3 Å². The predicted molar refractivity (Wildman–Crippen MR) is 153 cm³/mol. The number of anilines is 1. The first-order chi connectivity index (χ1) is 19.8. The number of fused-ring (bicyclic) bond motifs is 2. The molecule has 1 aliphatic heterocycles. The van der Waals surface area contributed by atoms with Gasteiger partial charge in [-0.1, -0.05) is 30.3 Å². The molecule has 14 heteroatoms. The number of carboxylic acid groups (broad SMARTS) is 1. The number of sulfonamides is 1. The molecular formula is C28H25N3O9S2. The molecule has 1 atom stereocenters. The Bertz CT molecular complexity index is 1940. The summed E-state index contributed by atoms with van der Waals surface area (Å²) >= 11 is 0. The summed E-state index contributed by atoms with van der Waals surface area (Å²) < 4.78 is 60.0. The summed E-state index contributed by atoms with van der Waals surface area (Å²) in [7, 11) is -5.04. The Hall–Kier alpha value is -4.53. The number of benzene rings is 4. The maximum atomic E-state index is 13.5. The summed E-state index contributed by atoms with van der Waals surface area (Å²) in [5, 5.41) is 22.0. The lowest BCUT2D eigenvalue weighted by Crippen LogP contribution is -2.48. The maximum absolute atomic E-state index is 13.5. The minimum Gasteiger partial charge on any atom is -0.480 e. The van der Waals surface area contributed by atoms with Crippen molar-refractivity contribution >= 4 is 48.3 Å².